The number of hydrogen-bond acceptors (Lipinski definition) is 7. The van der Waals surface area contributed by atoms with Crippen LogP contribution in [0.4, 0.5) is 13.2 Å². The molecule has 0 unspecified atom stereocenters. The maximum Gasteiger partial charge on any atom is 0.490 e. The van der Waals surface area contributed by atoms with Gasteiger partial charge in [-0.3, -0.25) is 9.59 Å². The molecule has 12 heteroatoms. The Kier molecular flexibility index (Phi) is 16.3. The highest BCUT2D eigenvalue weighted by molar-refractivity contribution is 5.94. The number of nitrogens with two attached hydrogens (primary N) is 1. The van der Waals surface area contributed by atoms with Crippen molar-refractivity contribution in [3.05, 3.63) is 42.0 Å². The van der Waals surface area contributed by atoms with Gasteiger partial charge in [-0.1, -0.05) is 57.7 Å². The first-order chi connectivity index (χ1) is 17.3. The highest BCUT2D eigenvalue weighted by Gasteiger charge is 2.38. The normalized spacial score (nSPS) is 11.4. The zero-order valence-electron chi connectivity index (χ0n) is 21.1. The average molecular weight is 533 g/mol. The van der Waals surface area contributed by atoms with Gasteiger partial charge in [-0.2, -0.15) is 13.2 Å². The van der Waals surface area contributed by atoms with E-state index in [1.54, 1.807) is 24.3 Å². The van der Waals surface area contributed by atoms with Crippen molar-refractivity contribution in [3.63, 3.8) is 0 Å². The number of amides is 1. The van der Waals surface area contributed by atoms with Gasteiger partial charge in [0, 0.05) is 12.1 Å². The number of methoxy groups -OCH3 is 1. The number of aliphatic carboxylic acids is 1. The zero-order chi connectivity index (χ0) is 28.4. The number of carboxylic acid groups (broad SMARTS) is 1. The van der Waals surface area contributed by atoms with Crippen LogP contribution in [0, 0.1) is 0 Å². The van der Waals surface area contributed by atoms with Crippen LogP contribution in [-0.4, -0.2) is 54.8 Å². The van der Waals surface area contributed by atoms with Gasteiger partial charge >= 0.3 is 24.1 Å². The summed E-state index contributed by atoms with van der Waals surface area (Å²) < 4.78 is 41.4. The van der Waals surface area contributed by atoms with Crippen LogP contribution in [0.1, 0.15) is 57.4 Å². The molecule has 0 bridgehead atoms. The van der Waals surface area contributed by atoms with E-state index >= 15 is 0 Å². The lowest BCUT2D eigenvalue weighted by Crippen LogP contribution is -2.42. The quantitative estimate of drug-likeness (QED) is 0.142. The van der Waals surface area contributed by atoms with Gasteiger partial charge in [0.2, 0.25) is 5.91 Å². The summed E-state index contributed by atoms with van der Waals surface area (Å²) in [5.74, 6) is -3.86. The van der Waals surface area contributed by atoms with Crippen molar-refractivity contribution in [2.45, 2.75) is 70.5 Å². The van der Waals surface area contributed by atoms with Gasteiger partial charge in [0.25, 0.3) is 0 Å². The first-order valence-corrected chi connectivity index (χ1v) is 11.7. The third-order valence-corrected chi connectivity index (χ3v) is 4.87. The smallest absolute Gasteiger partial charge is 0.475 e. The van der Waals surface area contributed by atoms with Gasteiger partial charge in [-0.15, -0.1) is 0 Å². The molecule has 37 heavy (non-hydrogen) atoms. The second-order valence-electron chi connectivity index (χ2n) is 8.06. The Labute approximate surface area is 214 Å². The van der Waals surface area contributed by atoms with Crippen LogP contribution in [0.2, 0.25) is 0 Å². The molecule has 0 aliphatic rings. The number of alkyl halides is 3. The molecule has 4 N–H and O–H groups in total. The van der Waals surface area contributed by atoms with E-state index in [9.17, 15) is 27.6 Å². The fourth-order valence-corrected chi connectivity index (χ4v) is 2.79. The Bertz CT molecular complexity index is 887. The number of hydrogen-bond donors (Lipinski definition) is 3. The van der Waals surface area contributed by atoms with Gasteiger partial charge < -0.3 is 25.6 Å². The van der Waals surface area contributed by atoms with E-state index in [0.29, 0.717) is 18.7 Å². The summed E-state index contributed by atoms with van der Waals surface area (Å²) in [5.41, 5.74) is 6.86. The van der Waals surface area contributed by atoms with Gasteiger partial charge in [0.05, 0.1) is 19.6 Å². The monoisotopic (exact) mass is 532 g/mol. The molecule has 1 aromatic rings. The Hall–Kier alpha value is -3.41. The predicted molar refractivity (Wildman–Crippen MR) is 130 cm³/mol. The van der Waals surface area contributed by atoms with Crippen molar-refractivity contribution in [2.75, 3.05) is 13.7 Å². The van der Waals surface area contributed by atoms with Gasteiger partial charge in [0.15, 0.2) is 0 Å². The van der Waals surface area contributed by atoms with Crippen molar-refractivity contribution in [2.24, 2.45) is 5.73 Å². The summed E-state index contributed by atoms with van der Waals surface area (Å²) in [5, 5.41) is 10.0. The molecular weight excluding hydrogens is 497 g/mol. The van der Waals surface area contributed by atoms with Crippen LogP contribution in [0.5, 0.6) is 5.75 Å². The summed E-state index contributed by atoms with van der Waals surface area (Å²) in [6.07, 6.45) is 2.07. The highest BCUT2D eigenvalue weighted by atomic mass is 19.4. The molecule has 0 aromatic heterocycles. The SMILES string of the molecule is C=C(CC(=O)OC)C(=O)Oc1ccc(C[C@H](N)C(=O)NCCCCCCCC)cc1.O=C(O)C(F)(F)F. The topological polar surface area (TPSA) is 145 Å². The van der Waals surface area contributed by atoms with E-state index in [2.05, 4.69) is 23.6 Å². The lowest BCUT2D eigenvalue weighted by atomic mass is 10.1. The molecule has 0 aliphatic carbocycles. The van der Waals surface area contributed by atoms with Crippen molar-refractivity contribution in [3.8, 4) is 5.75 Å². The lowest BCUT2D eigenvalue weighted by Gasteiger charge is -2.13. The van der Waals surface area contributed by atoms with Gasteiger partial charge in [-0.25, -0.2) is 9.59 Å². The van der Waals surface area contributed by atoms with E-state index in [0.717, 1.165) is 18.4 Å². The molecule has 0 aliphatic heterocycles. The zero-order valence-corrected chi connectivity index (χ0v) is 21.1. The van der Waals surface area contributed by atoms with E-state index in [1.807, 2.05) is 0 Å². The second-order valence-corrected chi connectivity index (χ2v) is 8.06. The van der Waals surface area contributed by atoms with Crippen LogP contribution in [0.3, 0.4) is 0 Å². The average Bonchev–Trinajstić information content (AvgIpc) is 2.84. The van der Waals surface area contributed by atoms with E-state index < -0.39 is 30.1 Å². The van der Waals surface area contributed by atoms with Gasteiger partial charge in [0.1, 0.15) is 5.75 Å². The van der Waals surface area contributed by atoms with E-state index in [-0.39, 0.29) is 17.9 Å². The Morgan fingerprint density at radius 2 is 1.59 bits per heavy atom. The molecular formula is C25H35F3N2O7. The predicted octanol–water partition coefficient (Wildman–Crippen LogP) is 3.69. The molecule has 9 nitrogen and oxygen atoms in total. The van der Waals surface area contributed by atoms with E-state index in [1.165, 1.54) is 32.8 Å². The number of benzene rings is 1. The van der Waals surface area contributed by atoms with Crippen LogP contribution in [0.25, 0.3) is 0 Å². The molecule has 0 fully saturated rings. The molecule has 1 aromatic carbocycles. The fraction of sp³-hybridized carbons (Fsp3) is 0.520. The maximum absolute atomic E-state index is 12.1. The Balaban J connectivity index is 0.00000161. The summed E-state index contributed by atoms with van der Waals surface area (Å²) in [4.78, 5) is 44.1. The summed E-state index contributed by atoms with van der Waals surface area (Å²) in [7, 11) is 1.24. The number of carbonyl (C=O) groups excluding carboxylic acids is 3. The second kappa shape index (κ2) is 17.9. The molecule has 0 radical (unpaired) electrons. The van der Waals surface area contributed by atoms with Gasteiger partial charge in [-0.05, 0) is 30.5 Å². The third-order valence-electron chi connectivity index (χ3n) is 4.87. The molecule has 1 rings (SSSR count). The number of ether oxygens (including phenoxy) is 2. The van der Waals surface area contributed by atoms with Crippen molar-refractivity contribution in [1.29, 1.82) is 0 Å². The van der Waals surface area contributed by atoms with Crippen LogP contribution in [-0.2, 0) is 30.3 Å². The fourth-order valence-electron chi connectivity index (χ4n) is 2.79. The molecule has 0 spiro atoms. The van der Waals surface area contributed by atoms with Crippen molar-refractivity contribution in [1.82, 2.24) is 5.32 Å². The van der Waals surface area contributed by atoms with Crippen LogP contribution < -0.4 is 15.8 Å². The number of nitrogens with one attached hydrogen (secondary N) is 1. The number of carboxylic acids is 1. The van der Waals surface area contributed by atoms with Crippen LogP contribution >= 0.6 is 0 Å². The first kappa shape index (κ1) is 33.6. The number of halogens is 3. The van der Waals surface area contributed by atoms with Crippen LogP contribution in [0.15, 0.2) is 36.4 Å². The minimum absolute atomic E-state index is 0.00924. The third kappa shape index (κ3) is 16.0. The molecule has 1 amide bonds. The molecule has 208 valence electrons. The van der Waals surface area contributed by atoms with E-state index in [4.69, 9.17) is 20.4 Å². The maximum atomic E-state index is 12.1. The summed E-state index contributed by atoms with van der Waals surface area (Å²) in [6.45, 7) is 6.36. The van der Waals surface area contributed by atoms with Crippen molar-refractivity contribution >= 4 is 23.8 Å². The summed E-state index contributed by atoms with van der Waals surface area (Å²) >= 11 is 0. The Morgan fingerprint density at radius 3 is 2.11 bits per heavy atom. The largest absolute Gasteiger partial charge is 0.490 e. The van der Waals surface area contributed by atoms with Crippen molar-refractivity contribution < 1.29 is 46.9 Å². The first-order valence-electron chi connectivity index (χ1n) is 11.7. The minimum atomic E-state index is -5.08. The number of esters is 2. The molecule has 0 saturated heterocycles. The minimum Gasteiger partial charge on any atom is -0.475 e. The molecule has 1 atom stereocenters. The molecule has 0 saturated carbocycles. The number of carbonyl (C=O) groups is 4. The number of rotatable bonds is 14. The molecule has 0 heterocycles. The highest BCUT2D eigenvalue weighted by Crippen LogP contribution is 2.16. The lowest BCUT2D eigenvalue weighted by molar-refractivity contribution is -0.192. The summed E-state index contributed by atoms with van der Waals surface area (Å²) in [6, 6.07) is 6.07. The number of unbranched alkanes of at least 4 members (excludes halogenated alkanes) is 5. The Morgan fingerprint density at radius 1 is 1.05 bits per heavy atom. The standard InChI is InChI=1S/C23H34N2O5.C2HF3O2/c1-4-5-6-7-8-9-14-25-22(27)20(24)16-18-10-12-19(13-11-18)30-23(28)17(2)15-21(26)29-3;3-2(4,5)1(6)7/h10-13,20H,2,4-9,14-16,24H2,1,3H3,(H,25,27);(H,6,7)/t20-;/m0./s1.